The number of rotatable bonds is 1. The van der Waals surface area contributed by atoms with Crippen molar-refractivity contribution in [2.45, 2.75) is 38.1 Å². The van der Waals surface area contributed by atoms with Crippen LogP contribution in [0.15, 0.2) is 4.99 Å². The maximum absolute atomic E-state index is 4.24. The van der Waals surface area contributed by atoms with E-state index >= 15 is 0 Å². The summed E-state index contributed by atoms with van der Waals surface area (Å²) in [5.41, 5.74) is 0. The highest BCUT2D eigenvalue weighted by Gasteiger charge is 2.21. The molecule has 0 saturated carbocycles. The molecule has 1 saturated heterocycles. The van der Waals surface area contributed by atoms with Crippen molar-refractivity contribution >= 4 is 6.21 Å². The zero-order chi connectivity index (χ0) is 8.23. The summed E-state index contributed by atoms with van der Waals surface area (Å²) in [6.07, 6.45) is 8.66. The van der Waals surface area contributed by atoms with E-state index in [0.717, 1.165) is 6.42 Å². The van der Waals surface area contributed by atoms with E-state index in [0.29, 0.717) is 6.04 Å². The summed E-state index contributed by atoms with van der Waals surface area (Å²) < 4.78 is 0. The Morgan fingerprint density at radius 3 is 2.67 bits per heavy atom. The maximum atomic E-state index is 4.24. The lowest BCUT2D eigenvalue weighted by molar-refractivity contribution is 0.173. The Morgan fingerprint density at radius 2 is 2.00 bits per heavy atom. The normalized spacial score (nSPS) is 32.2. The van der Waals surface area contributed by atoms with Crippen molar-refractivity contribution in [2.75, 3.05) is 13.1 Å². The van der Waals surface area contributed by atoms with Crippen molar-refractivity contribution in [1.82, 2.24) is 4.90 Å². The Morgan fingerprint density at radius 1 is 1.17 bits per heavy atom. The summed E-state index contributed by atoms with van der Waals surface area (Å²) in [5.74, 6) is 0. The fourth-order valence-corrected chi connectivity index (χ4v) is 2.08. The van der Waals surface area contributed by atoms with Crippen LogP contribution in [-0.2, 0) is 0 Å². The van der Waals surface area contributed by atoms with Gasteiger partial charge in [0.05, 0.1) is 6.54 Å². The third-order valence-electron chi connectivity index (χ3n) is 2.81. The lowest BCUT2D eigenvalue weighted by atomic mass is 10.0. The molecule has 0 spiro atoms. The second-order valence-corrected chi connectivity index (χ2v) is 3.72. The Bertz CT molecular complexity index is 159. The van der Waals surface area contributed by atoms with Crippen LogP contribution in [0.3, 0.4) is 0 Å². The van der Waals surface area contributed by atoms with Gasteiger partial charge in [0.25, 0.3) is 0 Å². The summed E-state index contributed by atoms with van der Waals surface area (Å²) in [6, 6.07) is 0.648. The van der Waals surface area contributed by atoms with Crippen LogP contribution >= 0.6 is 0 Å². The summed E-state index contributed by atoms with van der Waals surface area (Å²) >= 11 is 0. The van der Waals surface area contributed by atoms with Crippen molar-refractivity contribution < 1.29 is 0 Å². The first-order chi connectivity index (χ1) is 5.97. The molecular weight excluding hydrogens is 148 g/mol. The van der Waals surface area contributed by atoms with Gasteiger partial charge in [-0.15, -0.1) is 0 Å². The standard InChI is InChI=1S/C10H17N2/c1-2-7-12(8-3-1)10-5-4-6-11-9-10/h6,9-10H,1-5,7-8H2. The average Bonchev–Trinajstić information content (AvgIpc) is 2.21. The monoisotopic (exact) mass is 165 g/mol. The third kappa shape index (κ3) is 1.86. The lowest BCUT2D eigenvalue weighted by Crippen LogP contribution is -2.40. The van der Waals surface area contributed by atoms with Crippen LogP contribution in [0.2, 0.25) is 0 Å². The van der Waals surface area contributed by atoms with E-state index in [9.17, 15) is 0 Å². The highest BCUT2D eigenvalue weighted by molar-refractivity contribution is 5.59. The molecule has 2 nitrogen and oxygen atoms in total. The van der Waals surface area contributed by atoms with Crippen LogP contribution in [0, 0.1) is 6.54 Å². The molecule has 0 aromatic rings. The molecule has 2 heterocycles. The van der Waals surface area contributed by atoms with Gasteiger partial charge in [0.2, 0.25) is 0 Å². The maximum Gasteiger partial charge on any atom is 0.0889 e. The number of hydrogen-bond donors (Lipinski definition) is 0. The molecule has 0 N–H and O–H groups in total. The molecule has 0 bridgehead atoms. The average molecular weight is 165 g/mol. The zero-order valence-electron chi connectivity index (χ0n) is 7.58. The van der Waals surface area contributed by atoms with Gasteiger partial charge < -0.3 is 0 Å². The lowest BCUT2D eigenvalue weighted by Gasteiger charge is -2.34. The molecular formula is C10H17N2. The molecule has 2 heteroatoms. The summed E-state index contributed by atoms with van der Waals surface area (Å²) in [4.78, 5) is 6.83. The van der Waals surface area contributed by atoms with Gasteiger partial charge in [0.15, 0.2) is 0 Å². The molecule has 1 fully saturated rings. The van der Waals surface area contributed by atoms with Gasteiger partial charge in [0.1, 0.15) is 0 Å². The first kappa shape index (κ1) is 8.24. The minimum atomic E-state index is 0.648. The zero-order valence-corrected chi connectivity index (χ0v) is 7.58. The molecule has 0 aromatic carbocycles. The molecule has 0 amide bonds. The Kier molecular flexibility index (Phi) is 2.77. The van der Waals surface area contributed by atoms with Gasteiger partial charge in [-0.05, 0) is 45.0 Å². The van der Waals surface area contributed by atoms with Gasteiger partial charge in [0, 0.05) is 6.04 Å². The molecule has 12 heavy (non-hydrogen) atoms. The minimum Gasteiger partial charge on any atom is -0.298 e. The van der Waals surface area contributed by atoms with Gasteiger partial charge in [-0.2, -0.15) is 0 Å². The smallest absolute Gasteiger partial charge is 0.0889 e. The molecule has 1 radical (unpaired) electrons. The third-order valence-corrected chi connectivity index (χ3v) is 2.81. The quantitative estimate of drug-likeness (QED) is 0.579. The largest absolute Gasteiger partial charge is 0.298 e. The van der Waals surface area contributed by atoms with Crippen molar-refractivity contribution in [3.05, 3.63) is 6.54 Å². The minimum absolute atomic E-state index is 0.648. The van der Waals surface area contributed by atoms with Gasteiger partial charge >= 0.3 is 0 Å². The second kappa shape index (κ2) is 4.04. The highest BCUT2D eigenvalue weighted by atomic mass is 15.2. The van der Waals surface area contributed by atoms with Crippen LogP contribution in [0.4, 0.5) is 0 Å². The van der Waals surface area contributed by atoms with Crippen molar-refractivity contribution in [1.29, 1.82) is 0 Å². The van der Waals surface area contributed by atoms with Gasteiger partial charge in [-0.1, -0.05) is 6.42 Å². The molecule has 1 atom stereocenters. The van der Waals surface area contributed by atoms with Crippen LogP contribution < -0.4 is 0 Å². The molecule has 1 unspecified atom stereocenters. The second-order valence-electron chi connectivity index (χ2n) is 3.72. The van der Waals surface area contributed by atoms with Crippen LogP contribution in [-0.4, -0.2) is 30.2 Å². The molecule has 2 aliphatic rings. The Hall–Kier alpha value is -0.370. The SMILES string of the molecule is [CH]1N=CCCC1N1CCCCC1. The number of piperidine rings is 1. The molecule has 2 rings (SSSR count). The van der Waals surface area contributed by atoms with E-state index in [1.807, 2.05) is 6.21 Å². The predicted octanol–water partition coefficient (Wildman–Crippen LogP) is 1.87. The highest BCUT2D eigenvalue weighted by Crippen LogP contribution is 2.19. The molecule has 0 aromatic heterocycles. The number of nitrogens with zero attached hydrogens (tertiary/aromatic N) is 2. The van der Waals surface area contributed by atoms with E-state index in [-0.39, 0.29) is 0 Å². The summed E-state index contributed by atoms with van der Waals surface area (Å²) in [7, 11) is 0. The van der Waals surface area contributed by atoms with Crippen LogP contribution in [0.25, 0.3) is 0 Å². The van der Waals surface area contributed by atoms with Gasteiger partial charge in [-0.3, -0.25) is 9.89 Å². The van der Waals surface area contributed by atoms with Crippen LogP contribution in [0.1, 0.15) is 32.1 Å². The summed E-state index contributed by atoms with van der Waals surface area (Å²) in [6.45, 7) is 4.70. The first-order valence-corrected chi connectivity index (χ1v) is 5.06. The predicted molar refractivity (Wildman–Crippen MR) is 51.2 cm³/mol. The topological polar surface area (TPSA) is 15.6 Å². The van der Waals surface area contributed by atoms with Crippen molar-refractivity contribution in [2.24, 2.45) is 4.99 Å². The Labute approximate surface area is 74.7 Å². The van der Waals surface area contributed by atoms with E-state index in [1.165, 1.54) is 38.8 Å². The summed E-state index contributed by atoms with van der Waals surface area (Å²) in [5, 5.41) is 0. The Balaban J connectivity index is 1.85. The van der Waals surface area contributed by atoms with E-state index < -0.39 is 0 Å². The van der Waals surface area contributed by atoms with Gasteiger partial charge in [-0.25, -0.2) is 0 Å². The number of likely N-dealkylation sites (tertiary alicyclic amines) is 1. The number of aliphatic imine (C=N–C) groups is 1. The van der Waals surface area contributed by atoms with E-state index in [1.54, 1.807) is 0 Å². The van der Waals surface area contributed by atoms with Crippen LogP contribution in [0.5, 0.6) is 0 Å². The fraction of sp³-hybridized carbons (Fsp3) is 0.800. The molecule has 0 aliphatic carbocycles. The first-order valence-electron chi connectivity index (χ1n) is 5.06. The van der Waals surface area contributed by atoms with Crippen molar-refractivity contribution in [3.8, 4) is 0 Å². The fourth-order valence-electron chi connectivity index (χ4n) is 2.08. The number of hydrogen-bond acceptors (Lipinski definition) is 2. The van der Waals surface area contributed by atoms with Crippen molar-refractivity contribution in [3.63, 3.8) is 0 Å². The molecule has 67 valence electrons. The van der Waals surface area contributed by atoms with E-state index in [2.05, 4.69) is 16.4 Å². The molecule has 2 aliphatic heterocycles. The van der Waals surface area contributed by atoms with E-state index in [4.69, 9.17) is 0 Å².